The van der Waals surface area contributed by atoms with Crippen molar-refractivity contribution in [2.75, 3.05) is 7.11 Å². The molecule has 112 valence electrons. The molecule has 0 fully saturated rings. The number of Topliss-reactive ketones (excluding diaryl/α,β-unsaturated/α-hetero) is 1. The SMILES string of the molecule is CONC(=O)c1ccc(-c2cnc3[nH]cc(C(C)=O)c3n2)s1. The van der Waals surface area contributed by atoms with Crippen LogP contribution < -0.4 is 5.48 Å². The van der Waals surface area contributed by atoms with Crippen LogP contribution in [0.5, 0.6) is 0 Å². The Bertz CT molecular complexity index is 868. The summed E-state index contributed by atoms with van der Waals surface area (Å²) >= 11 is 1.27. The maximum absolute atomic E-state index is 11.7. The number of aromatic amines is 1. The normalized spacial score (nSPS) is 10.8. The van der Waals surface area contributed by atoms with Crippen LogP contribution in [0, 0.1) is 0 Å². The number of carbonyl (C=O) groups is 2. The van der Waals surface area contributed by atoms with Crippen LogP contribution in [-0.4, -0.2) is 33.8 Å². The van der Waals surface area contributed by atoms with E-state index in [2.05, 4.69) is 25.3 Å². The highest BCUT2D eigenvalue weighted by Gasteiger charge is 2.14. The first-order chi connectivity index (χ1) is 10.6. The molecule has 0 unspecified atom stereocenters. The number of hydrogen-bond acceptors (Lipinski definition) is 6. The highest BCUT2D eigenvalue weighted by atomic mass is 32.1. The summed E-state index contributed by atoms with van der Waals surface area (Å²) in [4.78, 5) is 40.8. The molecule has 3 heterocycles. The molecule has 1 amide bonds. The van der Waals surface area contributed by atoms with Gasteiger partial charge in [-0.3, -0.25) is 14.4 Å². The minimum absolute atomic E-state index is 0.0796. The van der Waals surface area contributed by atoms with Crippen LogP contribution in [0.4, 0.5) is 0 Å². The van der Waals surface area contributed by atoms with Gasteiger partial charge in [-0.2, -0.15) is 0 Å². The predicted molar refractivity (Wildman–Crippen MR) is 81.7 cm³/mol. The number of carbonyl (C=O) groups excluding carboxylic acids is 2. The van der Waals surface area contributed by atoms with Crippen molar-refractivity contribution < 1.29 is 14.4 Å². The lowest BCUT2D eigenvalue weighted by molar-refractivity contribution is 0.0542. The van der Waals surface area contributed by atoms with E-state index in [1.807, 2.05) is 0 Å². The van der Waals surface area contributed by atoms with E-state index < -0.39 is 0 Å². The molecule has 0 aliphatic rings. The Morgan fingerprint density at radius 1 is 1.36 bits per heavy atom. The molecule has 7 nitrogen and oxygen atoms in total. The molecule has 8 heteroatoms. The molecule has 22 heavy (non-hydrogen) atoms. The van der Waals surface area contributed by atoms with E-state index in [0.29, 0.717) is 27.3 Å². The molecule has 3 rings (SSSR count). The van der Waals surface area contributed by atoms with E-state index in [1.165, 1.54) is 25.4 Å². The monoisotopic (exact) mass is 316 g/mol. The molecule has 0 saturated carbocycles. The zero-order valence-corrected chi connectivity index (χ0v) is 12.7. The summed E-state index contributed by atoms with van der Waals surface area (Å²) in [6, 6.07) is 3.47. The first-order valence-electron chi connectivity index (χ1n) is 6.38. The predicted octanol–water partition coefficient (Wildman–Crippen LogP) is 2.18. The quantitative estimate of drug-likeness (QED) is 0.568. The summed E-state index contributed by atoms with van der Waals surface area (Å²) in [7, 11) is 1.38. The zero-order valence-electron chi connectivity index (χ0n) is 11.8. The van der Waals surface area contributed by atoms with Gasteiger partial charge < -0.3 is 4.98 Å². The van der Waals surface area contributed by atoms with Crippen LogP contribution in [0.25, 0.3) is 21.7 Å². The van der Waals surface area contributed by atoms with Gasteiger partial charge in [0.25, 0.3) is 5.91 Å². The van der Waals surface area contributed by atoms with Crippen molar-refractivity contribution in [2.24, 2.45) is 0 Å². The molecule has 0 spiro atoms. The number of thiophene rings is 1. The number of nitrogens with zero attached hydrogens (tertiary/aromatic N) is 2. The molecule has 0 radical (unpaired) electrons. The van der Waals surface area contributed by atoms with E-state index in [4.69, 9.17) is 0 Å². The topological polar surface area (TPSA) is 97.0 Å². The van der Waals surface area contributed by atoms with Gasteiger partial charge in [-0.15, -0.1) is 11.3 Å². The third-order valence-electron chi connectivity index (χ3n) is 3.04. The molecule has 0 atom stereocenters. The lowest BCUT2D eigenvalue weighted by atomic mass is 10.2. The van der Waals surface area contributed by atoms with Gasteiger partial charge in [0.15, 0.2) is 11.4 Å². The van der Waals surface area contributed by atoms with E-state index in [0.717, 1.165) is 4.88 Å². The second kappa shape index (κ2) is 5.66. The molecule has 0 aliphatic carbocycles. The summed E-state index contributed by atoms with van der Waals surface area (Å²) in [6.45, 7) is 1.48. The van der Waals surface area contributed by atoms with E-state index in [-0.39, 0.29) is 11.7 Å². The maximum atomic E-state index is 11.7. The van der Waals surface area contributed by atoms with Crippen LogP contribution in [-0.2, 0) is 4.84 Å². The number of rotatable bonds is 4. The number of ketones is 1. The number of amides is 1. The van der Waals surface area contributed by atoms with Crippen LogP contribution in [0.3, 0.4) is 0 Å². The molecule has 3 aromatic heterocycles. The Morgan fingerprint density at radius 3 is 2.91 bits per heavy atom. The minimum Gasteiger partial charge on any atom is -0.344 e. The van der Waals surface area contributed by atoms with Crippen LogP contribution >= 0.6 is 11.3 Å². The number of H-pyrrole nitrogens is 1. The first-order valence-corrected chi connectivity index (χ1v) is 7.20. The van der Waals surface area contributed by atoms with Crippen molar-refractivity contribution in [3.05, 3.63) is 35.0 Å². The molecule has 2 N–H and O–H groups in total. The Morgan fingerprint density at radius 2 is 2.18 bits per heavy atom. The van der Waals surface area contributed by atoms with Crippen LogP contribution in [0.15, 0.2) is 24.5 Å². The highest BCUT2D eigenvalue weighted by molar-refractivity contribution is 7.17. The zero-order chi connectivity index (χ0) is 15.7. The summed E-state index contributed by atoms with van der Waals surface area (Å²) in [5.74, 6) is -0.400. The van der Waals surface area contributed by atoms with E-state index in [1.54, 1.807) is 24.5 Å². The fourth-order valence-electron chi connectivity index (χ4n) is 2.02. The number of fused-ring (bicyclic) bond motifs is 1. The summed E-state index contributed by atoms with van der Waals surface area (Å²) in [5.41, 5.74) is 4.45. The number of aromatic nitrogens is 3. The van der Waals surface area contributed by atoms with Crippen molar-refractivity contribution in [3.63, 3.8) is 0 Å². The molecule has 3 aromatic rings. The van der Waals surface area contributed by atoms with Gasteiger partial charge in [-0.25, -0.2) is 15.4 Å². The van der Waals surface area contributed by atoms with Gasteiger partial charge in [-0.1, -0.05) is 0 Å². The fourth-order valence-corrected chi connectivity index (χ4v) is 2.87. The van der Waals surface area contributed by atoms with E-state index in [9.17, 15) is 9.59 Å². The lowest BCUT2D eigenvalue weighted by Gasteiger charge is -1.99. The molecule has 0 aliphatic heterocycles. The molecular weight excluding hydrogens is 304 g/mol. The van der Waals surface area contributed by atoms with Gasteiger partial charge in [0.05, 0.1) is 34.3 Å². The van der Waals surface area contributed by atoms with Gasteiger partial charge in [0.2, 0.25) is 0 Å². The Balaban J connectivity index is 2.01. The largest absolute Gasteiger partial charge is 0.344 e. The van der Waals surface area contributed by atoms with Crippen molar-refractivity contribution in [1.29, 1.82) is 0 Å². The average Bonchev–Trinajstić information content (AvgIpc) is 3.13. The Kier molecular flexibility index (Phi) is 3.70. The average molecular weight is 316 g/mol. The van der Waals surface area contributed by atoms with Gasteiger partial charge in [-0.05, 0) is 19.1 Å². The third-order valence-corrected chi connectivity index (χ3v) is 4.14. The Hall–Kier alpha value is -2.58. The maximum Gasteiger partial charge on any atom is 0.284 e. The number of hydroxylamine groups is 1. The standard InChI is InChI=1S/C14H12N4O3S/c1-7(19)8-5-15-13-12(8)17-9(6-16-13)10-3-4-11(22-10)14(20)18-21-2/h3-6H,1-2H3,(H,15,16)(H,18,20). The van der Waals surface area contributed by atoms with Crippen molar-refractivity contribution in [3.8, 4) is 10.6 Å². The summed E-state index contributed by atoms with van der Waals surface area (Å²) in [6.07, 6.45) is 3.20. The molecular formula is C14H12N4O3S. The first kappa shape index (κ1) is 14.4. The van der Waals surface area contributed by atoms with Gasteiger partial charge in [0, 0.05) is 6.20 Å². The van der Waals surface area contributed by atoms with Gasteiger partial charge in [0.1, 0.15) is 5.52 Å². The molecule has 0 saturated heterocycles. The van der Waals surface area contributed by atoms with Crippen molar-refractivity contribution in [2.45, 2.75) is 6.92 Å². The lowest BCUT2D eigenvalue weighted by Crippen LogP contribution is -2.20. The molecule has 0 bridgehead atoms. The van der Waals surface area contributed by atoms with Crippen molar-refractivity contribution >= 4 is 34.2 Å². The second-order valence-corrected chi connectivity index (χ2v) is 5.59. The number of nitrogens with one attached hydrogen (secondary N) is 2. The Labute approximate surface area is 129 Å². The fraction of sp³-hybridized carbons (Fsp3) is 0.143. The summed E-state index contributed by atoms with van der Waals surface area (Å²) < 4.78 is 0. The smallest absolute Gasteiger partial charge is 0.284 e. The van der Waals surface area contributed by atoms with E-state index >= 15 is 0 Å². The van der Waals surface area contributed by atoms with Crippen LogP contribution in [0.1, 0.15) is 27.0 Å². The number of hydrogen-bond donors (Lipinski definition) is 2. The minimum atomic E-state index is -0.321. The summed E-state index contributed by atoms with van der Waals surface area (Å²) in [5, 5.41) is 0. The van der Waals surface area contributed by atoms with Gasteiger partial charge >= 0.3 is 0 Å². The van der Waals surface area contributed by atoms with Crippen LogP contribution in [0.2, 0.25) is 0 Å². The van der Waals surface area contributed by atoms with Crippen molar-refractivity contribution in [1.82, 2.24) is 20.4 Å². The highest BCUT2D eigenvalue weighted by Crippen LogP contribution is 2.28. The third kappa shape index (κ3) is 2.49. The second-order valence-electron chi connectivity index (χ2n) is 4.51. The molecule has 0 aromatic carbocycles.